The Balaban J connectivity index is 1.04. The molecular weight excluding hydrogens is 737 g/mol. The molecular formula is C46H82N3O7P. The second-order valence-corrected chi connectivity index (χ2v) is 20.5. The van der Waals surface area contributed by atoms with E-state index in [2.05, 4.69) is 84.4 Å². The van der Waals surface area contributed by atoms with E-state index in [1.807, 2.05) is 0 Å². The molecule has 0 radical (unpaired) electrons. The van der Waals surface area contributed by atoms with Gasteiger partial charge in [0.1, 0.15) is 6.10 Å². The maximum Gasteiger partial charge on any atom is 0.407 e. The van der Waals surface area contributed by atoms with E-state index in [0.29, 0.717) is 71.2 Å². The molecule has 0 heterocycles. The summed E-state index contributed by atoms with van der Waals surface area (Å²) >= 11 is 0. The van der Waals surface area contributed by atoms with Gasteiger partial charge < -0.3 is 33.3 Å². The van der Waals surface area contributed by atoms with E-state index in [9.17, 15) is 4.79 Å². The van der Waals surface area contributed by atoms with E-state index in [4.69, 9.17) is 33.3 Å². The summed E-state index contributed by atoms with van der Waals surface area (Å²) in [4.78, 5) is 12.7. The Hall–Kier alpha value is -1.31. The molecule has 0 spiro atoms. The van der Waals surface area contributed by atoms with Crippen LogP contribution in [0.4, 0.5) is 4.79 Å². The minimum absolute atomic E-state index is 0.0331. The van der Waals surface area contributed by atoms with Crippen molar-refractivity contribution in [1.29, 1.82) is 5.26 Å². The topological polar surface area (TPSA) is 112 Å². The summed E-state index contributed by atoms with van der Waals surface area (Å²) in [5.74, 6) is 5.01. The molecule has 11 heteroatoms. The second-order valence-electron chi connectivity index (χ2n) is 19.1. The molecule has 9 atom stereocenters. The molecule has 1 amide bonds. The Morgan fingerprint density at radius 2 is 1.51 bits per heavy atom. The molecule has 3 saturated carbocycles. The quantitative estimate of drug-likeness (QED) is 0.0518. The van der Waals surface area contributed by atoms with Crippen molar-refractivity contribution in [3.63, 3.8) is 0 Å². The van der Waals surface area contributed by atoms with E-state index >= 15 is 0 Å². The van der Waals surface area contributed by atoms with Gasteiger partial charge in [-0.3, -0.25) is 0 Å². The molecule has 10 nitrogen and oxygen atoms in total. The van der Waals surface area contributed by atoms with Crippen LogP contribution in [0.1, 0.15) is 146 Å². The fourth-order valence-electron chi connectivity index (χ4n) is 11.3. The fraction of sp³-hybridized carbons (Fsp3) is 0.913. The summed E-state index contributed by atoms with van der Waals surface area (Å²) in [5.41, 5.74) is 2.33. The maximum absolute atomic E-state index is 12.7. The van der Waals surface area contributed by atoms with Gasteiger partial charge in [0.15, 0.2) is 0 Å². The molecule has 1 N–H and O–H groups in total. The molecule has 9 unspecified atom stereocenters. The largest absolute Gasteiger partial charge is 0.446 e. The van der Waals surface area contributed by atoms with Crippen LogP contribution in [0.2, 0.25) is 0 Å². The van der Waals surface area contributed by atoms with Gasteiger partial charge in [-0.2, -0.15) is 5.26 Å². The van der Waals surface area contributed by atoms with Gasteiger partial charge in [0.25, 0.3) is 8.53 Å². The number of amides is 1. The van der Waals surface area contributed by atoms with Crippen molar-refractivity contribution in [2.45, 2.75) is 164 Å². The molecule has 0 aromatic heterocycles. The maximum atomic E-state index is 12.7. The highest BCUT2D eigenvalue weighted by Crippen LogP contribution is 2.67. The Kier molecular flexibility index (Phi) is 20.5. The highest BCUT2D eigenvalue weighted by atomic mass is 31.2. The number of hydrogen-bond acceptors (Lipinski definition) is 9. The summed E-state index contributed by atoms with van der Waals surface area (Å²) in [6, 6.07) is 2.65. The van der Waals surface area contributed by atoms with Crippen LogP contribution in [0.5, 0.6) is 0 Å². The molecule has 0 aromatic carbocycles. The van der Waals surface area contributed by atoms with Crippen LogP contribution in [0.3, 0.4) is 0 Å². The minimum Gasteiger partial charge on any atom is -0.446 e. The van der Waals surface area contributed by atoms with Crippen molar-refractivity contribution in [3.8, 4) is 6.07 Å². The number of fused-ring (bicyclic) bond motifs is 5. The van der Waals surface area contributed by atoms with Gasteiger partial charge in [0, 0.05) is 31.7 Å². The third-order valence-corrected chi connectivity index (χ3v) is 16.2. The highest BCUT2D eigenvalue weighted by Gasteiger charge is 2.59. The molecule has 0 aliphatic heterocycles. The second kappa shape index (κ2) is 24.2. The number of nitriles is 1. The summed E-state index contributed by atoms with van der Waals surface area (Å²) < 4.78 is 37.1. The molecule has 328 valence electrons. The summed E-state index contributed by atoms with van der Waals surface area (Å²) in [6.45, 7) is 25.2. The summed E-state index contributed by atoms with van der Waals surface area (Å²) in [6.07, 6.45) is 17.3. The molecule has 4 aliphatic carbocycles. The van der Waals surface area contributed by atoms with Crippen molar-refractivity contribution in [3.05, 3.63) is 11.6 Å². The van der Waals surface area contributed by atoms with E-state index in [0.717, 1.165) is 61.2 Å². The number of alkyl carbamates (subject to hydrolysis) is 1. The first-order chi connectivity index (χ1) is 27.3. The minimum atomic E-state index is -1.25. The Morgan fingerprint density at radius 1 is 0.842 bits per heavy atom. The standard InChI is InChI=1S/C46H82N3O7P/c1-34(2)13-10-14-37(7)41-17-18-42-40-16-15-38-33-39(19-21-45(38,8)43(40)20-22-46(41,42)9)56-44(50)48-24-12-25-51-27-28-52-29-30-53-31-32-55-57(54-26-11-23-47)49(35(3)4)36(5)6/h15,34-37,39-43H,10-14,16-22,24-33H2,1-9H3,(H,48,50). The van der Waals surface area contributed by atoms with Crippen LogP contribution >= 0.6 is 8.53 Å². The summed E-state index contributed by atoms with van der Waals surface area (Å²) in [5, 5.41) is 11.8. The van der Waals surface area contributed by atoms with Gasteiger partial charge in [-0.1, -0.05) is 65.5 Å². The SMILES string of the molecule is CC(C)CCCC(C)C1CCC2C3CC=C4CC(OC(=O)NCCCOCCOCCOCCOP(OCCC#N)N(C(C)C)C(C)C)CCC4(C)C3CCC12C. The predicted molar refractivity (Wildman–Crippen MR) is 230 cm³/mol. The van der Waals surface area contributed by atoms with Gasteiger partial charge in [-0.25, -0.2) is 9.46 Å². The van der Waals surface area contributed by atoms with Crippen molar-refractivity contribution >= 4 is 14.6 Å². The lowest BCUT2D eigenvalue weighted by Gasteiger charge is -2.58. The number of allylic oxidation sites excluding steroid dienone is 1. The van der Waals surface area contributed by atoms with Crippen LogP contribution < -0.4 is 5.32 Å². The number of carbonyl (C=O) groups excluding carboxylic acids is 1. The van der Waals surface area contributed by atoms with E-state index in [-0.39, 0.29) is 29.7 Å². The Morgan fingerprint density at radius 3 is 2.18 bits per heavy atom. The number of rotatable bonds is 26. The highest BCUT2D eigenvalue weighted by molar-refractivity contribution is 7.44. The molecule has 0 aromatic rings. The first kappa shape index (κ1) is 48.4. The van der Waals surface area contributed by atoms with Gasteiger partial charge in [-0.05, 0) is 125 Å². The summed E-state index contributed by atoms with van der Waals surface area (Å²) in [7, 11) is -1.25. The fourth-order valence-corrected chi connectivity index (χ4v) is 12.9. The van der Waals surface area contributed by atoms with Gasteiger partial charge in [0.2, 0.25) is 0 Å². The van der Waals surface area contributed by atoms with Crippen molar-refractivity contribution in [1.82, 2.24) is 9.99 Å². The lowest BCUT2D eigenvalue weighted by Crippen LogP contribution is -2.51. The average Bonchev–Trinajstić information content (AvgIpc) is 3.52. The number of nitrogens with one attached hydrogen (secondary N) is 1. The zero-order valence-corrected chi connectivity index (χ0v) is 38.4. The van der Waals surface area contributed by atoms with Crippen LogP contribution in [-0.2, 0) is 28.0 Å². The van der Waals surface area contributed by atoms with Crippen LogP contribution in [0, 0.1) is 57.7 Å². The third-order valence-electron chi connectivity index (χ3n) is 14.1. The lowest BCUT2D eigenvalue weighted by atomic mass is 9.47. The molecule has 0 bridgehead atoms. The van der Waals surface area contributed by atoms with Crippen molar-refractivity contribution < 1.29 is 32.8 Å². The van der Waals surface area contributed by atoms with Crippen LogP contribution in [0.25, 0.3) is 0 Å². The van der Waals surface area contributed by atoms with E-state index < -0.39 is 8.53 Å². The monoisotopic (exact) mass is 820 g/mol. The number of nitrogens with zero attached hydrogens (tertiary/aromatic N) is 2. The first-order valence-corrected chi connectivity index (χ1v) is 24.0. The third kappa shape index (κ3) is 13.9. The van der Waals surface area contributed by atoms with Gasteiger partial charge in [-0.15, -0.1) is 0 Å². The number of hydrogen-bond donors (Lipinski definition) is 1. The number of carbonyl (C=O) groups is 1. The molecule has 4 rings (SSSR count). The predicted octanol–water partition coefficient (Wildman–Crippen LogP) is 10.9. The molecule has 57 heavy (non-hydrogen) atoms. The molecule has 0 saturated heterocycles. The van der Waals surface area contributed by atoms with Crippen molar-refractivity contribution in [2.24, 2.45) is 46.3 Å². The van der Waals surface area contributed by atoms with E-state index in [1.165, 1.54) is 51.4 Å². The van der Waals surface area contributed by atoms with Crippen LogP contribution in [-0.4, -0.2) is 88.4 Å². The zero-order valence-electron chi connectivity index (χ0n) is 37.5. The lowest BCUT2D eigenvalue weighted by molar-refractivity contribution is -0.0581. The van der Waals surface area contributed by atoms with Gasteiger partial charge >= 0.3 is 6.09 Å². The zero-order chi connectivity index (χ0) is 41.4. The first-order valence-electron chi connectivity index (χ1n) is 22.9. The van der Waals surface area contributed by atoms with E-state index in [1.54, 1.807) is 5.57 Å². The average molecular weight is 820 g/mol. The smallest absolute Gasteiger partial charge is 0.407 e. The molecule has 3 fully saturated rings. The van der Waals surface area contributed by atoms with Crippen molar-refractivity contribution in [2.75, 3.05) is 59.4 Å². The normalized spacial score (nSPS) is 29.5. The van der Waals surface area contributed by atoms with Gasteiger partial charge in [0.05, 0.1) is 58.7 Å². The van der Waals surface area contributed by atoms with Crippen LogP contribution in [0.15, 0.2) is 11.6 Å². The molecule has 4 aliphatic rings. The Labute approximate surface area is 349 Å². The Bertz CT molecular complexity index is 1250. The number of ether oxygens (including phenoxy) is 4.